The van der Waals surface area contributed by atoms with E-state index in [-0.39, 0.29) is 18.9 Å². The van der Waals surface area contributed by atoms with E-state index in [4.69, 9.17) is 20.8 Å². The van der Waals surface area contributed by atoms with Crippen LogP contribution in [-0.4, -0.2) is 35.8 Å². The van der Waals surface area contributed by atoms with E-state index in [2.05, 4.69) is 5.32 Å². The summed E-state index contributed by atoms with van der Waals surface area (Å²) in [6.45, 7) is 1.91. The number of carbonyl (C=O) groups is 3. The SMILES string of the molecule is Cc1c(Cl)cccc1NC(=O)COC(=O)[C@H]1CC(=O)N(Cc2ccco2)C1. The lowest BCUT2D eigenvalue weighted by Crippen LogP contribution is -2.28. The molecule has 0 aliphatic carbocycles. The first-order valence-electron chi connectivity index (χ1n) is 8.46. The van der Waals surface area contributed by atoms with Gasteiger partial charge in [0.1, 0.15) is 5.76 Å². The van der Waals surface area contributed by atoms with Crippen molar-refractivity contribution in [3.8, 4) is 0 Å². The lowest BCUT2D eigenvalue weighted by atomic mass is 10.1. The summed E-state index contributed by atoms with van der Waals surface area (Å²) in [5.41, 5.74) is 1.29. The molecule has 1 aromatic heterocycles. The molecule has 8 heteroatoms. The summed E-state index contributed by atoms with van der Waals surface area (Å²) >= 11 is 6.01. The third-order valence-electron chi connectivity index (χ3n) is 4.36. The Kier molecular flexibility index (Phi) is 5.81. The maximum absolute atomic E-state index is 12.2. The van der Waals surface area contributed by atoms with Crippen LogP contribution in [0.1, 0.15) is 17.7 Å². The van der Waals surface area contributed by atoms with Gasteiger partial charge in [-0.3, -0.25) is 14.4 Å². The van der Waals surface area contributed by atoms with Crippen LogP contribution in [-0.2, 0) is 25.7 Å². The minimum absolute atomic E-state index is 0.0640. The molecule has 0 bridgehead atoms. The summed E-state index contributed by atoms with van der Waals surface area (Å²) in [4.78, 5) is 37.8. The Bertz CT molecular complexity index is 850. The highest BCUT2D eigenvalue weighted by Crippen LogP contribution is 2.23. The molecule has 7 nitrogen and oxygen atoms in total. The number of nitrogens with one attached hydrogen (secondary N) is 1. The van der Waals surface area contributed by atoms with Crippen LogP contribution in [0.4, 0.5) is 5.69 Å². The number of halogens is 1. The maximum atomic E-state index is 12.2. The van der Waals surface area contributed by atoms with Crippen molar-refractivity contribution < 1.29 is 23.5 Å². The number of anilines is 1. The van der Waals surface area contributed by atoms with E-state index < -0.39 is 24.4 Å². The Labute approximate surface area is 161 Å². The van der Waals surface area contributed by atoms with Gasteiger partial charge in [0.25, 0.3) is 5.91 Å². The first kappa shape index (κ1) is 19.0. The number of hydrogen-bond acceptors (Lipinski definition) is 5. The zero-order valence-electron chi connectivity index (χ0n) is 14.7. The average molecular weight is 391 g/mol. The van der Waals surface area contributed by atoms with Crippen molar-refractivity contribution >= 4 is 35.1 Å². The van der Waals surface area contributed by atoms with Crippen LogP contribution < -0.4 is 5.32 Å². The summed E-state index contributed by atoms with van der Waals surface area (Å²) in [6.07, 6.45) is 1.59. The van der Waals surface area contributed by atoms with E-state index in [1.807, 2.05) is 0 Å². The second kappa shape index (κ2) is 8.26. The van der Waals surface area contributed by atoms with E-state index in [0.29, 0.717) is 23.0 Å². The predicted octanol–water partition coefficient (Wildman–Crippen LogP) is 2.77. The molecule has 0 spiro atoms. The Morgan fingerprint density at radius 2 is 2.15 bits per heavy atom. The molecule has 2 amide bonds. The molecule has 1 saturated heterocycles. The number of hydrogen-bond donors (Lipinski definition) is 1. The van der Waals surface area contributed by atoms with Gasteiger partial charge in [0.05, 0.1) is 18.7 Å². The summed E-state index contributed by atoms with van der Waals surface area (Å²) in [5.74, 6) is -1.12. The van der Waals surface area contributed by atoms with Gasteiger partial charge in [0, 0.05) is 23.7 Å². The number of carbonyl (C=O) groups excluding carboxylic acids is 3. The topological polar surface area (TPSA) is 88.8 Å². The second-order valence-electron chi connectivity index (χ2n) is 6.32. The number of likely N-dealkylation sites (tertiary alicyclic amines) is 1. The van der Waals surface area contributed by atoms with E-state index in [0.717, 1.165) is 5.56 Å². The Balaban J connectivity index is 1.48. The Morgan fingerprint density at radius 3 is 2.89 bits per heavy atom. The third-order valence-corrected chi connectivity index (χ3v) is 4.77. The molecule has 1 atom stereocenters. The fourth-order valence-corrected chi connectivity index (χ4v) is 3.03. The molecule has 1 aromatic carbocycles. The van der Waals surface area contributed by atoms with Gasteiger partial charge >= 0.3 is 5.97 Å². The van der Waals surface area contributed by atoms with Crippen LogP contribution >= 0.6 is 11.6 Å². The van der Waals surface area contributed by atoms with E-state index >= 15 is 0 Å². The summed E-state index contributed by atoms with van der Waals surface area (Å²) < 4.78 is 10.3. The number of nitrogens with zero attached hydrogens (tertiary/aromatic N) is 1. The van der Waals surface area contributed by atoms with E-state index in [1.165, 1.54) is 6.26 Å². The molecule has 1 N–H and O–H groups in total. The quantitative estimate of drug-likeness (QED) is 0.766. The van der Waals surface area contributed by atoms with Crippen molar-refractivity contribution in [1.82, 2.24) is 4.90 Å². The number of furan rings is 1. The van der Waals surface area contributed by atoms with Crippen molar-refractivity contribution in [2.45, 2.75) is 19.9 Å². The molecule has 142 valence electrons. The van der Waals surface area contributed by atoms with Crippen LogP contribution in [0.5, 0.6) is 0 Å². The van der Waals surface area contributed by atoms with Crippen LogP contribution in [0.2, 0.25) is 5.02 Å². The molecule has 1 fully saturated rings. The van der Waals surface area contributed by atoms with Crippen molar-refractivity contribution in [3.05, 3.63) is 52.9 Å². The molecular weight excluding hydrogens is 372 g/mol. The first-order chi connectivity index (χ1) is 12.9. The smallest absolute Gasteiger partial charge is 0.311 e. The van der Waals surface area contributed by atoms with Crippen molar-refractivity contribution in [3.63, 3.8) is 0 Å². The van der Waals surface area contributed by atoms with Crippen molar-refractivity contribution in [1.29, 1.82) is 0 Å². The highest BCUT2D eigenvalue weighted by atomic mass is 35.5. The van der Waals surface area contributed by atoms with E-state index in [1.54, 1.807) is 42.2 Å². The molecule has 3 rings (SSSR count). The zero-order chi connectivity index (χ0) is 19.4. The molecule has 1 aliphatic heterocycles. The minimum Gasteiger partial charge on any atom is -0.467 e. The lowest BCUT2D eigenvalue weighted by Gasteiger charge is -2.15. The number of esters is 1. The predicted molar refractivity (Wildman–Crippen MR) is 98.0 cm³/mol. The Morgan fingerprint density at radius 1 is 1.33 bits per heavy atom. The number of benzene rings is 1. The molecular formula is C19H19ClN2O5. The molecule has 0 radical (unpaired) electrons. The lowest BCUT2D eigenvalue weighted by molar-refractivity contribution is -0.151. The zero-order valence-corrected chi connectivity index (χ0v) is 15.5. The van der Waals surface area contributed by atoms with E-state index in [9.17, 15) is 14.4 Å². The van der Waals surface area contributed by atoms with Gasteiger partial charge in [-0.2, -0.15) is 0 Å². The van der Waals surface area contributed by atoms with Crippen molar-refractivity contribution in [2.24, 2.45) is 5.92 Å². The standard InChI is InChI=1S/C19H19ClN2O5/c1-12-15(20)5-2-6-16(12)21-17(23)11-27-19(25)13-8-18(24)22(9-13)10-14-4-3-7-26-14/h2-7,13H,8-11H2,1H3,(H,21,23)/t13-/m0/s1. The largest absolute Gasteiger partial charge is 0.467 e. The molecule has 0 saturated carbocycles. The first-order valence-corrected chi connectivity index (χ1v) is 8.83. The third kappa shape index (κ3) is 4.68. The molecule has 2 aromatic rings. The maximum Gasteiger partial charge on any atom is 0.311 e. The van der Waals surface area contributed by atoms with Crippen LogP contribution in [0, 0.1) is 12.8 Å². The second-order valence-corrected chi connectivity index (χ2v) is 6.73. The van der Waals surface area contributed by atoms with Crippen molar-refractivity contribution in [2.75, 3.05) is 18.5 Å². The normalized spacial score (nSPS) is 16.4. The van der Waals surface area contributed by atoms with Crippen LogP contribution in [0.3, 0.4) is 0 Å². The minimum atomic E-state index is -0.590. The van der Waals surface area contributed by atoms with Gasteiger partial charge in [-0.15, -0.1) is 0 Å². The van der Waals surface area contributed by atoms with Crippen LogP contribution in [0.25, 0.3) is 0 Å². The monoisotopic (exact) mass is 390 g/mol. The van der Waals surface area contributed by atoms with Gasteiger partial charge in [0.15, 0.2) is 6.61 Å². The van der Waals surface area contributed by atoms with Gasteiger partial charge < -0.3 is 19.4 Å². The fraction of sp³-hybridized carbons (Fsp3) is 0.316. The molecule has 2 heterocycles. The van der Waals surface area contributed by atoms with Gasteiger partial charge in [-0.1, -0.05) is 17.7 Å². The van der Waals surface area contributed by atoms with Crippen LogP contribution in [0.15, 0.2) is 41.0 Å². The van der Waals surface area contributed by atoms with Gasteiger partial charge in [-0.25, -0.2) is 0 Å². The summed E-state index contributed by atoms with van der Waals surface area (Å²) in [5, 5.41) is 3.19. The Hall–Kier alpha value is -2.80. The number of ether oxygens (including phenoxy) is 1. The number of amides is 2. The highest BCUT2D eigenvalue weighted by molar-refractivity contribution is 6.31. The van der Waals surface area contributed by atoms with Gasteiger partial charge in [0.2, 0.25) is 5.91 Å². The molecule has 27 heavy (non-hydrogen) atoms. The average Bonchev–Trinajstić information content (AvgIpc) is 3.27. The summed E-state index contributed by atoms with van der Waals surface area (Å²) in [6, 6.07) is 8.65. The molecule has 0 unspecified atom stereocenters. The highest BCUT2D eigenvalue weighted by Gasteiger charge is 2.35. The molecule has 1 aliphatic rings. The summed E-state index contributed by atoms with van der Waals surface area (Å²) in [7, 11) is 0. The fourth-order valence-electron chi connectivity index (χ4n) is 2.86. The van der Waals surface area contributed by atoms with Gasteiger partial charge in [-0.05, 0) is 36.8 Å². The number of rotatable bonds is 6.